The van der Waals surface area contributed by atoms with E-state index in [1.165, 1.54) is 6.42 Å². The highest BCUT2D eigenvalue weighted by Crippen LogP contribution is 2.28. The largest absolute Gasteiger partial charge is 0.344 e. The van der Waals surface area contributed by atoms with Crippen molar-refractivity contribution in [2.24, 2.45) is 0 Å². The highest BCUT2D eigenvalue weighted by molar-refractivity contribution is 5.63. The second-order valence-corrected chi connectivity index (χ2v) is 7.93. The predicted molar refractivity (Wildman–Crippen MR) is 115 cm³/mol. The van der Waals surface area contributed by atoms with E-state index in [2.05, 4.69) is 71.4 Å². The van der Waals surface area contributed by atoms with Gasteiger partial charge in [0, 0.05) is 41.7 Å². The summed E-state index contributed by atoms with van der Waals surface area (Å²) in [5, 5.41) is 10.4. The molecule has 1 aliphatic heterocycles. The lowest BCUT2D eigenvalue weighted by Crippen LogP contribution is -2.39. The first-order chi connectivity index (χ1) is 13.6. The maximum atomic E-state index is 4.93. The van der Waals surface area contributed by atoms with Crippen molar-refractivity contribution in [2.45, 2.75) is 37.6 Å². The number of hydrogen-bond acceptors (Lipinski definition) is 5. The molecule has 5 nitrogen and oxygen atoms in total. The topological polar surface area (TPSA) is 61.9 Å². The Balaban J connectivity index is 1.66. The van der Waals surface area contributed by atoms with Gasteiger partial charge in [0.15, 0.2) is 0 Å². The van der Waals surface area contributed by atoms with Crippen molar-refractivity contribution in [3.8, 4) is 11.3 Å². The van der Waals surface area contributed by atoms with E-state index < -0.39 is 0 Å². The monoisotopic (exact) mass is 375 g/mol. The lowest BCUT2D eigenvalue weighted by atomic mass is 9.91. The Kier molecular flexibility index (Phi) is 5.55. The summed E-state index contributed by atoms with van der Waals surface area (Å²) in [5.41, 5.74) is 3.21. The Labute approximate surface area is 167 Å². The zero-order valence-electron chi connectivity index (χ0n) is 16.7. The summed E-state index contributed by atoms with van der Waals surface area (Å²) in [6.07, 6.45) is 9.63. The molecule has 3 N–H and O–H groups in total. The van der Waals surface area contributed by atoms with Crippen molar-refractivity contribution >= 4 is 5.82 Å². The van der Waals surface area contributed by atoms with Crippen LogP contribution in [0.3, 0.4) is 0 Å². The molecule has 2 aromatic rings. The maximum Gasteiger partial charge on any atom is 0.135 e. The van der Waals surface area contributed by atoms with Crippen LogP contribution >= 0.6 is 0 Å². The van der Waals surface area contributed by atoms with Crippen LogP contribution in [0.2, 0.25) is 0 Å². The van der Waals surface area contributed by atoms with Crippen molar-refractivity contribution in [3.05, 3.63) is 66.1 Å². The van der Waals surface area contributed by atoms with Gasteiger partial charge in [0.1, 0.15) is 11.6 Å². The summed E-state index contributed by atoms with van der Waals surface area (Å²) in [7, 11) is 2.00. The van der Waals surface area contributed by atoms with Crippen LogP contribution in [0.1, 0.15) is 37.9 Å². The average molecular weight is 376 g/mol. The number of anilines is 1. The minimum Gasteiger partial charge on any atom is -0.344 e. The van der Waals surface area contributed by atoms with Crippen LogP contribution in [0.15, 0.2) is 60.3 Å². The van der Waals surface area contributed by atoms with Gasteiger partial charge in [-0.25, -0.2) is 9.97 Å². The third-order valence-corrected chi connectivity index (χ3v) is 5.65. The fraction of sp³-hybridized carbons (Fsp3) is 0.391. The smallest absolute Gasteiger partial charge is 0.135 e. The molecule has 0 bridgehead atoms. The molecule has 0 spiro atoms. The molecule has 1 aromatic heterocycles. The number of nitrogens with one attached hydrogen (secondary N) is 3. The number of aromatic nitrogens is 2. The van der Waals surface area contributed by atoms with Gasteiger partial charge in [0.2, 0.25) is 0 Å². The average Bonchev–Trinajstić information content (AvgIpc) is 2.75. The SMILES string of the molecule is CNC1(C)C=CC=C(Nc2cc(-c3ccccc3)nc(C3CCCNC3)n2)C1. The van der Waals surface area contributed by atoms with E-state index in [9.17, 15) is 0 Å². The Morgan fingerprint density at radius 3 is 2.79 bits per heavy atom. The molecule has 0 amide bonds. The van der Waals surface area contributed by atoms with E-state index in [1.807, 2.05) is 13.1 Å². The molecule has 2 unspecified atom stereocenters. The summed E-state index contributed by atoms with van der Waals surface area (Å²) in [6, 6.07) is 12.4. The summed E-state index contributed by atoms with van der Waals surface area (Å²) in [4.78, 5) is 9.83. The molecule has 1 saturated heterocycles. The van der Waals surface area contributed by atoms with Gasteiger partial charge in [-0.2, -0.15) is 0 Å². The lowest BCUT2D eigenvalue weighted by molar-refractivity contribution is 0.447. The van der Waals surface area contributed by atoms with E-state index in [0.29, 0.717) is 5.92 Å². The number of hydrogen-bond donors (Lipinski definition) is 3. The Morgan fingerprint density at radius 1 is 1.18 bits per heavy atom. The van der Waals surface area contributed by atoms with E-state index in [1.54, 1.807) is 0 Å². The molecular formula is C23H29N5. The number of rotatable bonds is 5. The second-order valence-electron chi connectivity index (χ2n) is 7.93. The fourth-order valence-corrected chi connectivity index (χ4v) is 3.85. The molecular weight excluding hydrogens is 346 g/mol. The first-order valence-corrected chi connectivity index (χ1v) is 10.1. The van der Waals surface area contributed by atoms with Crippen LogP contribution in [0.4, 0.5) is 5.82 Å². The van der Waals surface area contributed by atoms with Gasteiger partial charge in [-0.3, -0.25) is 0 Å². The molecule has 28 heavy (non-hydrogen) atoms. The van der Waals surface area contributed by atoms with Crippen molar-refractivity contribution in [2.75, 3.05) is 25.5 Å². The molecule has 4 rings (SSSR count). The van der Waals surface area contributed by atoms with Crippen LogP contribution < -0.4 is 16.0 Å². The van der Waals surface area contributed by atoms with Crippen molar-refractivity contribution in [3.63, 3.8) is 0 Å². The van der Waals surface area contributed by atoms with Gasteiger partial charge in [-0.15, -0.1) is 0 Å². The van der Waals surface area contributed by atoms with E-state index in [-0.39, 0.29) is 5.54 Å². The Hall–Kier alpha value is -2.50. The minimum absolute atomic E-state index is 0.0392. The molecule has 0 saturated carbocycles. The molecule has 1 aliphatic carbocycles. The van der Waals surface area contributed by atoms with Crippen LogP contribution in [-0.4, -0.2) is 35.6 Å². The van der Waals surface area contributed by atoms with Gasteiger partial charge < -0.3 is 16.0 Å². The van der Waals surface area contributed by atoms with E-state index >= 15 is 0 Å². The zero-order valence-corrected chi connectivity index (χ0v) is 16.7. The molecule has 1 aromatic carbocycles. The molecule has 5 heteroatoms. The summed E-state index contributed by atoms with van der Waals surface area (Å²) in [5.74, 6) is 2.16. The molecule has 2 atom stereocenters. The predicted octanol–water partition coefficient (Wildman–Crippen LogP) is 3.84. The third kappa shape index (κ3) is 4.32. The number of likely N-dealkylation sites (N-methyl/N-ethyl adjacent to an activating group) is 1. The lowest BCUT2D eigenvalue weighted by Gasteiger charge is -2.30. The van der Waals surface area contributed by atoms with Crippen LogP contribution in [0.25, 0.3) is 11.3 Å². The van der Waals surface area contributed by atoms with Gasteiger partial charge >= 0.3 is 0 Å². The normalized spacial score (nSPS) is 24.6. The fourth-order valence-electron chi connectivity index (χ4n) is 3.85. The van der Waals surface area contributed by atoms with Gasteiger partial charge in [-0.1, -0.05) is 42.5 Å². The Bertz CT molecular complexity index is 868. The van der Waals surface area contributed by atoms with Crippen molar-refractivity contribution < 1.29 is 0 Å². The first-order valence-electron chi connectivity index (χ1n) is 10.1. The summed E-state index contributed by atoms with van der Waals surface area (Å²) in [6.45, 7) is 4.23. The first kappa shape index (κ1) is 18.8. The van der Waals surface area contributed by atoms with E-state index in [4.69, 9.17) is 9.97 Å². The summed E-state index contributed by atoms with van der Waals surface area (Å²) >= 11 is 0. The van der Waals surface area contributed by atoms with Crippen LogP contribution in [0, 0.1) is 0 Å². The number of allylic oxidation sites excluding steroid dienone is 2. The third-order valence-electron chi connectivity index (χ3n) is 5.65. The van der Waals surface area contributed by atoms with Gasteiger partial charge in [-0.05, 0) is 39.4 Å². The molecule has 0 radical (unpaired) electrons. The highest BCUT2D eigenvalue weighted by Gasteiger charge is 2.24. The Morgan fingerprint density at radius 2 is 2.04 bits per heavy atom. The van der Waals surface area contributed by atoms with Crippen LogP contribution in [-0.2, 0) is 0 Å². The maximum absolute atomic E-state index is 4.93. The molecule has 2 heterocycles. The molecule has 2 aliphatic rings. The standard InChI is InChI=1S/C23H29N5/c1-23(24-2)12-6-11-19(15-23)26-21-14-20(17-8-4-3-5-9-17)27-22(28-21)18-10-7-13-25-16-18/h3-6,8-9,11-12,14,18,24-25H,7,10,13,15-16H2,1-2H3,(H,26,27,28). The van der Waals surface area contributed by atoms with Crippen molar-refractivity contribution in [1.29, 1.82) is 0 Å². The van der Waals surface area contributed by atoms with E-state index in [0.717, 1.165) is 54.5 Å². The molecule has 1 fully saturated rings. The number of piperidine rings is 1. The van der Waals surface area contributed by atoms with Crippen LogP contribution in [0.5, 0.6) is 0 Å². The summed E-state index contributed by atoms with van der Waals surface area (Å²) < 4.78 is 0. The number of nitrogens with zero attached hydrogens (tertiary/aromatic N) is 2. The molecule has 146 valence electrons. The zero-order chi connectivity index (χ0) is 19.4. The van der Waals surface area contributed by atoms with Crippen molar-refractivity contribution in [1.82, 2.24) is 20.6 Å². The highest BCUT2D eigenvalue weighted by atomic mass is 15.1. The quantitative estimate of drug-likeness (QED) is 0.741. The number of benzene rings is 1. The van der Waals surface area contributed by atoms with Gasteiger partial charge in [0.25, 0.3) is 0 Å². The van der Waals surface area contributed by atoms with Gasteiger partial charge in [0.05, 0.1) is 5.69 Å². The minimum atomic E-state index is -0.0392. The second kappa shape index (κ2) is 8.25.